The zero-order valence-electron chi connectivity index (χ0n) is 11.4. The van der Waals surface area contributed by atoms with Crippen LogP contribution in [0.3, 0.4) is 0 Å². The molecule has 0 amide bonds. The quantitative estimate of drug-likeness (QED) is 0.837. The predicted molar refractivity (Wildman–Crippen MR) is 75.1 cm³/mol. The van der Waals surface area contributed by atoms with Gasteiger partial charge in [0.25, 0.3) is 0 Å². The molecule has 0 atom stereocenters. The van der Waals surface area contributed by atoms with Gasteiger partial charge in [0.1, 0.15) is 5.82 Å². The molecule has 0 fully saturated rings. The van der Waals surface area contributed by atoms with E-state index in [1.165, 1.54) is 12.1 Å². The van der Waals surface area contributed by atoms with E-state index in [2.05, 4.69) is 9.88 Å². The number of pyridine rings is 1. The molecule has 1 aromatic carbocycles. The molecule has 2 aromatic rings. The lowest BCUT2D eigenvalue weighted by molar-refractivity contribution is 0.268. The Labute approximate surface area is 118 Å². The lowest BCUT2D eigenvalue weighted by Crippen LogP contribution is -2.23. The third-order valence-corrected chi connectivity index (χ3v) is 3.05. The summed E-state index contributed by atoms with van der Waals surface area (Å²) in [6.45, 7) is 4.18. The summed E-state index contributed by atoms with van der Waals surface area (Å²) in [5.74, 6) is -0.368. The van der Waals surface area contributed by atoms with Crippen molar-refractivity contribution < 1.29 is 4.39 Å². The van der Waals surface area contributed by atoms with Crippen LogP contribution in [-0.2, 0) is 13.1 Å². The van der Waals surface area contributed by atoms with Gasteiger partial charge in [-0.3, -0.25) is 9.88 Å². The largest absolute Gasteiger partial charge is 0.294 e. The van der Waals surface area contributed by atoms with E-state index >= 15 is 0 Å². The molecule has 0 aliphatic carbocycles. The van der Waals surface area contributed by atoms with Crippen LogP contribution in [0.2, 0.25) is 0 Å². The van der Waals surface area contributed by atoms with Crippen LogP contribution in [0.25, 0.3) is 0 Å². The molecule has 1 aromatic heterocycles. The summed E-state index contributed by atoms with van der Waals surface area (Å²) < 4.78 is 13.4. The molecule has 1 heterocycles. The highest BCUT2D eigenvalue weighted by molar-refractivity contribution is 5.33. The van der Waals surface area contributed by atoms with Crippen LogP contribution in [0.15, 0.2) is 42.6 Å². The van der Waals surface area contributed by atoms with Crippen molar-refractivity contribution in [3.05, 3.63) is 65.2 Å². The topological polar surface area (TPSA) is 39.9 Å². The van der Waals surface area contributed by atoms with Gasteiger partial charge in [-0.15, -0.1) is 0 Å². The Hall–Kier alpha value is -2.25. The molecule has 0 saturated carbocycles. The number of hydrogen-bond acceptors (Lipinski definition) is 3. The standard InChI is InChI=1S/C16H16FN3/c1-2-20(12-16-5-3-4-6-19-16)11-14-7-13(10-18)8-15(17)9-14/h3-9H,2,11-12H2,1H3. The summed E-state index contributed by atoms with van der Waals surface area (Å²) >= 11 is 0. The zero-order valence-corrected chi connectivity index (χ0v) is 11.4. The van der Waals surface area contributed by atoms with Gasteiger partial charge < -0.3 is 0 Å². The second-order valence-electron chi connectivity index (χ2n) is 4.58. The van der Waals surface area contributed by atoms with E-state index in [9.17, 15) is 4.39 Å². The van der Waals surface area contributed by atoms with Crippen molar-refractivity contribution in [3.63, 3.8) is 0 Å². The van der Waals surface area contributed by atoms with Gasteiger partial charge in [0.15, 0.2) is 0 Å². The predicted octanol–water partition coefficient (Wildman–Crippen LogP) is 3.11. The molecule has 0 aliphatic heterocycles. The van der Waals surface area contributed by atoms with Crippen molar-refractivity contribution in [2.75, 3.05) is 6.54 Å². The van der Waals surface area contributed by atoms with Gasteiger partial charge in [-0.05, 0) is 42.4 Å². The molecule has 20 heavy (non-hydrogen) atoms. The van der Waals surface area contributed by atoms with Gasteiger partial charge in [0.2, 0.25) is 0 Å². The number of rotatable bonds is 5. The molecule has 0 spiro atoms. The smallest absolute Gasteiger partial charge is 0.124 e. The van der Waals surface area contributed by atoms with E-state index in [1.54, 1.807) is 12.3 Å². The molecule has 4 heteroatoms. The molecular formula is C16H16FN3. The first-order valence-electron chi connectivity index (χ1n) is 6.53. The first kappa shape index (κ1) is 14.2. The van der Waals surface area contributed by atoms with E-state index in [0.717, 1.165) is 17.8 Å². The number of nitriles is 1. The first-order valence-corrected chi connectivity index (χ1v) is 6.53. The normalized spacial score (nSPS) is 10.5. The lowest BCUT2D eigenvalue weighted by atomic mass is 10.1. The van der Waals surface area contributed by atoms with Crippen LogP contribution in [0, 0.1) is 17.1 Å². The van der Waals surface area contributed by atoms with Gasteiger partial charge >= 0.3 is 0 Å². The van der Waals surface area contributed by atoms with Crippen LogP contribution in [0.4, 0.5) is 4.39 Å². The average molecular weight is 269 g/mol. The highest BCUT2D eigenvalue weighted by Crippen LogP contribution is 2.12. The Kier molecular flexibility index (Phi) is 4.80. The maximum atomic E-state index is 13.4. The van der Waals surface area contributed by atoms with E-state index < -0.39 is 0 Å². The summed E-state index contributed by atoms with van der Waals surface area (Å²) in [5, 5.41) is 8.87. The number of halogens is 1. The fourth-order valence-corrected chi connectivity index (χ4v) is 2.06. The van der Waals surface area contributed by atoms with Crippen LogP contribution >= 0.6 is 0 Å². The summed E-state index contributed by atoms with van der Waals surface area (Å²) in [6.07, 6.45) is 1.76. The third-order valence-electron chi connectivity index (χ3n) is 3.05. The second kappa shape index (κ2) is 6.78. The number of benzene rings is 1. The first-order chi connectivity index (χ1) is 9.71. The van der Waals surface area contributed by atoms with Crippen molar-refractivity contribution >= 4 is 0 Å². The molecule has 0 N–H and O–H groups in total. The highest BCUT2D eigenvalue weighted by Gasteiger charge is 2.08. The van der Waals surface area contributed by atoms with E-state index in [-0.39, 0.29) is 5.82 Å². The van der Waals surface area contributed by atoms with Crippen LogP contribution < -0.4 is 0 Å². The van der Waals surface area contributed by atoms with Crippen molar-refractivity contribution in [2.45, 2.75) is 20.0 Å². The Morgan fingerprint density at radius 2 is 2.10 bits per heavy atom. The Morgan fingerprint density at radius 1 is 1.25 bits per heavy atom. The number of aromatic nitrogens is 1. The molecule has 0 aliphatic rings. The molecule has 3 nitrogen and oxygen atoms in total. The minimum Gasteiger partial charge on any atom is -0.294 e. The van der Waals surface area contributed by atoms with E-state index in [0.29, 0.717) is 18.7 Å². The molecule has 2 rings (SSSR count). The van der Waals surface area contributed by atoms with Crippen molar-refractivity contribution in [1.82, 2.24) is 9.88 Å². The van der Waals surface area contributed by atoms with E-state index in [4.69, 9.17) is 5.26 Å². The molecule has 0 bridgehead atoms. The second-order valence-corrected chi connectivity index (χ2v) is 4.58. The van der Waals surface area contributed by atoms with Crippen molar-refractivity contribution in [1.29, 1.82) is 5.26 Å². The van der Waals surface area contributed by atoms with Crippen LogP contribution in [-0.4, -0.2) is 16.4 Å². The zero-order chi connectivity index (χ0) is 14.4. The summed E-state index contributed by atoms with van der Waals surface area (Å²) in [6, 6.07) is 12.2. The van der Waals surface area contributed by atoms with Gasteiger partial charge in [-0.25, -0.2) is 4.39 Å². The minimum absolute atomic E-state index is 0.355. The summed E-state index contributed by atoms with van der Waals surface area (Å²) in [5.41, 5.74) is 2.14. The highest BCUT2D eigenvalue weighted by atomic mass is 19.1. The molecular weight excluding hydrogens is 253 g/mol. The molecule has 0 unspecified atom stereocenters. The summed E-state index contributed by atoms with van der Waals surface area (Å²) in [7, 11) is 0. The van der Waals surface area contributed by atoms with Crippen molar-refractivity contribution in [2.24, 2.45) is 0 Å². The average Bonchev–Trinajstić information content (AvgIpc) is 2.47. The fourth-order valence-electron chi connectivity index (χ4n) is 2.06. The van der Waals surface area contributed by atoms with E-state index in [1.807, 2.05) is 31.2 Å². The van der Waals surface area contributed by atoms with Crippen LogP contribution in [0.5, 0.6) is 0 Å². The van der Waals surface area contributed by atoms with Gasteiger partial charge in [0, 0.05) is 19.3 Å². The SMILES string of the molecule is CCN(Cc1cc(F)cc(C#N)c1)Cc1ccccn1. The Morgan fingerprint density at radius 3 is 2.75 bits per heavy atom. The molecule has 0 radical (unpaired) electrons. The number of hydrogen-bond donors (Lipinski definition) is 0. The third kappa shape index (κ3) is 3.87. The lowest BCUT2D eigenvalue weighted by Gasteiger charge is -2.20. The molecule has 0 saturated heterocycles. The molecule has 102 valence electrons. The van der Waals surface area contributed by atoms with Gasteiger partial charge in [-0.2, -0.15) is 5.26 Å². The minimum atomic E-state index is -0.368. The number of nitrogens with zero attached hydrogens (tertiary/aromatic N) is 3. The van der Waals surface area contributed by atoms with Gasteiger partial charge in [0.05, 0.1) is 17.3 Å². The maximum absolute atomic E-state index is 13.4. The monoisotopic (exact) mass is 269 g/mol. The Balaban J connectivity index is 2.10. The summed E-state index contributed by atoms with van der Waals surface area (Å²) in [4.78, 5) is 6.44. The fraction of sp³-hybridized carbons (Fsp3) is 0.250. The van der Waals surface area contributed by atoms with Crippen molar-refractivity contribution in [3.8, 4) is 6.07 Å². The van der Waals surface area contributed by atoms with Gasteiger partial charge in [-0.1, -0.05) is 13.0 Å². The Bertz CT molecular complexity index is 605. The maximum Gasteiger partial charge on any atom is 0.124 e. The van der Waals surface area contributed by atoms with Crippen LogP contribution in [0.1, 0.15) is 23.7 Å².